The van der Waals surface area contributed by atoms with Crippen molar-refractivity contribution in [3.05, 3.63) is 39.2 Å². The van der Waals surface area contributed by atoms with Gasteiger partial charge in [-0.1, -0.05) is 0 Å². The predicted molar refractivity (Wildman–Crippen MR) is 58.3 cm³/mol. The lowest BCUT2D eigenvalue weighted by Gasteiger charge is -2.05. The minimum atomic E-state index is -0.833. The Balaban J connectivity index is 3.26. The van der Waals surface area contributed by atoms with Crippen molar-refractivity contribution in [1.29, 1.82) is 0 Å². The first-order chi connectivity index (χ1) is 7.99. The van der Waals surface area contributed by atoms with Crippen LogP contribution in [0.2, 0.25) is 0 Å². The summed E-state index contributed by atoms with van der Waals surface area (Å²) in [6, 6.07) is 2.21. The zero-order valence-electron chi connectivity index (χ0n) is 8.91. The van der Waals surface area contributed by atoms with Gasteiger partial charge in [-0.2, -0.15) is 0 Å². The first-order valence-corrected chi connectivity index (χ1v) is 5.11. The molecule has 17 heavy (non-hydrogen) atoms. The van der Waals surface area contributed by atoms with Crippen molar-refractivity contribution in [2.45, 2.75) is 12.3 Å². The molecule has 0 radical (unpaired) electrons. The van der Waals surface area contributed by atoms with E-state index in [2.05, 4.69) is 4.74 Å². The molecule has 0 spiro atoms. The van der Waals surface area contributed by atoms with Gasteiger partial charge in [-0.25, -0.2) is 4.39 Å². The summed E-state index contributed by atoms with van der Waals surface area (Å²) in [7, 11) is 1.12. The predicted octanol–water partition coefficient (Wildman–Crippen LogP) is 2.19. The lowest BCUT2D eigenvalue weighted by atomic mass is 10.1. The topological polar surface area (TPSA) is 69.4 Å². The molecule has 0 saturated heterocycles. The third-order valence-electron chi connectivity index (χ3n) is 2.13. The van der Waals surface area contributed by atoms with Crippen LogP contribution in [0.3, 0.4) is 0 Å². The molecule has 0 saturated carbocycles. The first-order valence-electron chi connectivity index (χ1n) is 4.58. The summed E-state index contributed by atoms with van der Waals surface area (Å²) < 4.78 is 17.9. The maximum atomic E-state index is 13.6. The smallest absolute Gasteiger partial charge is 0.310 e. The van der Waals surface area contributed by atoms with Gasteiger partial charge in [0, 0.05) is 11.9 Å². The van der Waals surface area contributed by atoms with Gasteiger partial charge in [-0.15, -0.1) is 11.6 Å². The number of hydrogen-bond acceptors (Lipinski definition) is 4. The number of methoxy groups -OCH3 is 1. The normalized spacial score (nSPS) is 10.1. The molecule has 0 fully saturated rings. The number of esters is 1. The number of rotatable bonds is 4. The summed E-state index contributed by atoms with van der Waals surface area (Å²) >= 11 is 5.48. The van der Waals surface area contributed by atoms with Crippen LogP contribution in [-0.2, 0) is 21.8 Å². The Morgan fingerprint density at radius 2 is 2.24 bits per heavy atom. The van der Waals surface area contributed by atoms with Crippen LogP contribution < -0.4 is 0 Å². The van der Waals surface area contributed by atoms with Crippen LogP contribution in [0.15, 0.2) is 12.1 Å². The van der Waals surface area contributed by atoms with Gasteiger partial charge in [0.1, 0.15) is 5.82 Å². The van der Waals surface area contributed by atoms with E-state index in [0.717, 1.165) is 19.2 Å². The number of nitro groups is 1. The number of nitro benzene ring substituents is 1. The largest absolute Gasteiger partial charge is 0.469 e. The molecule has 92 valence electrons. The number of alkyl halides is 1. The number of halogens is 2. The molecule has 0 aliphatic rings. The van der Waals surface area contributed by atoms with Crippen LogP contribution in [0.1, 0.15) is 11.1 Å². The maximum Gasteiger partial charge on any atom is 0.310 e. The van der Waals surface area contributed by atoms with Gasteiger partial charge in [-0.05, 0) is 11.6 Å². The molecule has 5 nitrogen and oxygen atoms in total. The third kappa shape index (κ3) is 3.13. The average Bonchev–Trinajstić information content (AvgIpc) is 2.30. The van der Waals surface area contributed by atoms with Crippen molar-refractivity contribution in [2.75, 3.05) is 7.11 Å². The molecule has 0 unspecified atom stereocenters. The number of nitrogens with zero attached hydrogens (tertiary/aromatic N) is 1. The van der Waals surface area contributed by atoms with Crippen molar-refractivity contribution >= 4 is 23.3 Å². The summed E-state index contributed by atoms with van der Waals surface area (Å²) in [6.45, 7) is 0. The Kier molecular flexibility index (Phi) is 4.39. The van der Waals surface area contributed by atoms with Crippen LogP contribution in [-0.4, -0.2) is 18.0 Å². The van der Waals surface area contributed by atoms with E-state index in [1.54, 1.807) is 0 Å². The highest BCUT2D eigenvalue weighted by Crippen LogP contribution is 2.25. The van der Waals surface area contributed by atoms with E-state index in [1.165, 1.54) is 0 Å². The molecule has 1 rings (SSSR count). The molecule has 7 heteroatoms. The van der Waals surface area contributed by atoms with Gasteiger partial charge >= 0.3 is 5.97 Å². The van der Waals surface area contributed by atoms with Crippen LogP contribution >= 0.6 is 11.6 Å². The zero-order valence-corrected chi connectivity index (χ0v) is 9.66. The van der Waals surface area contributed by atoms with Gasteiger partial charge in [-0.3, -0.25) is 14.9 Å². The van der Waals surface area contributed by atoms with Crippen molar-refractivity contribution in [3.8, 4) is 0 Å². The van der Waals surface area contributed by atoms with E-state index in [1.807, 2.05) is 0 Å². The fraction of sp³-hybridized carbons (Fsp3) is 0.300. The zero-order chi connectivity index (χ0) is 13.0. The highest BCUT2D eigenvalue weighted by atomic mass is 35.5. The fourth-order valence-corrected chi connectivity index (χ4v) is 1.46. The lowest BCUT2D eigenvalue weighted by Crippen LogP contribution is -2.09. The van der Waals surface area contributed by atoms with Crippen LogP contribution in [0.5, 0.6) is 0 Å². The number of carbonyl (C=O) groups is 1. The quantitative estimate of drug-likeness (QED) is 0.360. The Bertz CT molecular complexity index is 464. The third-order valence-corrected chi connectivity index (χ3v) is 2.44. The molecule has 0 amide bonds. The molecule has 1 aromatic rings. The second-order valence-electron chi connectivity index (χ2n) is 3.22. The molecule has 0 aliphatic heterocycles. The van der Waals surface area contributed by atoms with Gasteiger partial charge in [0.2, 0.25) is 0 Å². The molecule has 1 aromatic carbocycles. The minimum Gasteiger partial charge on any atom is -0.469 e. The molecule has 0 heterocycles. The number of ether oxygens (including phenoxy) is 1. The SMILES string of the molecule is COC(=O)Cc1c(F)cc(CCl)cc1[N+](=O)[O-]. The van der Waals surface area contributed by atoms with Crippen molar-refractivity contribution in [3.63, 3.8) is 0 Å². The average molecular weight is 262 g/mol. The first kappa shape index (κ1) is 13.4. The lowest BCUT2D eigenvalue weighted by molar-refractivity contribution is -0.385. The van der Waals surface area contributed by atoms with E-state index in [0.29, 0.717) is 0 Å². The standard InChI is InChI=1S/C10H9ClFNO4/c1-17-10(14)4-7-8(12)2-6(5-11)3-9(7)13(15)16/h2-3H,4-5H2,1H3. The van der Waals surface area contributed by atoms with Gasteiger partial charge < -0.3 is 4.74 Å². The van der Waals surface area contributed by atoms with Gasteiger partial charge in [0.15, 0.2) is 0 Å². The van der Waals surface area contributed by atoms with Crippen LogP contribution in [0, 0.1) is 15.9 Å². The molecular formula is C10H9ClFNO4. The highest BCUT2D eigenvalue weighted by Gasteiger charge is 2.22. The highest BCUT2D eigenvalue weighted by molar-refractivity contribution is 6.17. The molecule has 0 aliphatic carbocycles. The van der Waals surface area contributed by atoms with Gasteiger partial charge in [0.05, 0.1) is 24.0 Å². The summed E-state index contributed by atoms with van der Waals surface area (Å²) in [5.74, 6) is -1.62. The molecular weight excluding hydrogens is 253 g/mol. The second kappa shape index (κ2) is 5.58. The van der Waals surface area contributed by atoms with E-state index < -0.39 is 28.8 Å². The van der Waals surface area contributed by atoms with E-state index in [-0.39, 0.29) is 17.0 Å². The van der Waals surface area contributed by atoms with E-state index in [4.69, 9.17) is 11.6 Å². The fourth-order valence-electron chi connectivity index (χ4n) is 1.31. The Morgan fingerprint density at radius 3 is 2.71 bits per heavy atom. The Morgan fingerprint density at radius 1 is 1.59 bits per heavy atom. The van der Waals surface area contributed by atoms with Crippen molar-refractivity contribution in [2.24, 2.45) is 0 Å². The molecule has 0 atom stereocenters. The van der Waals surface area contributed by atoms with E-state index in [9.17, 15) is 19.3 Å². The Hall–Kier alpha value is -1.69. The Labute approximate surface area is 101 Å². The van der Waals surface area contributed by atoms with Crippen molar-refractivity contribution in [1.82, 2.24) is 0 Å². The summed E-state index contributed by atoms with van der Waals surface area (Å²) in [4.78, 5) is 21.0. The monoisotopic (exact) mass is 261 g/mol. The maximum absolute atomic E-state index is 13.6. The van der Waals surface area contributed by atoms with Crippen molar-refractivity contribution < 1.29 is 18.8 Å². The summed E-state index contributed by atoms with van der Waals surface area (Å²) in [6.07, 6.45) is -0.485. The van der Waals surface area contributed by atoms with Gasteiger partial charge in [0.25, 0.3) is 5.69 Å². The molecule has 0 aromatic heterocycles. The summed E-state index contributed by atoms with van der Waals surface area (Å²) in [5, 5.41) is 10.8. The van der Waals surface area contributed by atoms with Crippen LogP contribution in [0.25, 0.3) is 0 Å². The number of carbonyl (C=O) groups excluding carboxylic acids is 1. The molecule has 0 bridgehead atoms. The molecule has 0 N–H and O–H groups in total. The summed E-state index contributed by atoms with van der Waals surface area (Å²) in [5.41, 5.74) is -0.480. The number of hydrogen-bond donors (Lipinski definition) is 0. The van der Waals surface area contributed by atoms with E-state index >= 15 is 0 Å². The number of benzene rings is 1. The minimum absolute atomic E-state index is 0.0454. The van der Waals surface area contributed by atoms with Crippen LogP contribution in [0.4, 0.5) is 10.1 Å². The second-order valence-corrected chi connectivity index (χ2v) is 3.49.